The van der Waals surface area contributed by atoms with Crippen molar-refractivity contribution in [3.05, 3.63) is 399 Å². The van der Waals surface area contributed by atoms with Crippen molar-refractivity contribution in [2.45, 2.75) is 13.8 Å². The fourth-order valence-electron chi connectivity index (χ4n) is 15.2. The molecule has 6 nitrogen and oxygen atoms in total. The lowest BCUT2D eigenvalue weighted by atomic mass is 9.95. The second kappa shape index (κ2) is 27.1. The van der Waals surface area contributed by atoms with Gasteiger partial charge in [-0.05, 0) is 180 Å². The van der Waals surface area contributed by atoms with E-state index in [1.807, 2.05) is 0 Å². The standard InChI is InChI=1S/C50H34N2O.C48H36N2O/c1-4-19-37(20-5-1)51(38-21-6-2-7-22-38)46-29-15-14-25-41(46)43-28-16-30-48-49(43)45-34-47(42-26-12-13-27-44(42)50(45)53-48)52(39-23-8-3-9-24-39)40-32-31-35-17-10-11-18-36(35)33-40;1-33-29-30-38(31-34(33)2)50(37-21-10-5-11-22-37)44-27-15-14-23-39(44)41-26-16-28-46-47(41)43-32-45(40-24-12-13-25-42(40)48(43)51-46)49(35-17-6-3-7-18-35)36-19-8-4-9-20-36/h1-34H;3-32H,1-2H3. The van der Waals surface area contributed by atoms with E-state index in [0.29, 0.717) is 0 Å². The SMILES string of the molecule is Cc1ccc(N(c2ccccc2)c2ccccc2-c2cccc3oc4c5ccccc5c(N(c5ccccc5)c5ccccc5)cc4c23)cc1C.c1ccc(N(c2ccccc2)c2ccccc2-c2cccc3oc4c5ccccc5c(N(c5ccccc5)c5ccc6ccccc6c5)cc4c23)cc1. The molecule has 0 saturated carbocycles. The maximum Gasteiger partial charge on any atom is 0.143 e. The van der Waals surface area contributed by atoms with Gasteiger partial charge in [-0.3, -0.25) is 0 Å². The zero-order valence-electron chi connectivity index (χ0n) is 57.6. The van der Waals surface area contributed by atoms with E-state index in [-0.39, 0.29) is 0 Å². The van der Waals surface area contributed by atoms with Gasteiger partial charge in [0, 0.05) is 99.7 Å². The van der Waals surface area contributed by atoms with Gasteiger partial charge in [0.1, 0.15) is 22.3 Å². The second-order valence-corrected chi connectivity index (χ2v) is 26.4. The van der Waals surface area contributed by atoms with Crippen LogP contribution in [0.5, 0.6) is 0 Å². The summed E-state index contributed by atoms with van der Waals surface area (Å²) in [7, 11) is 0. The van der Waals surface area contributed by atoms with Gasteiger partial charge in [0.2, 0.25) is 0 Å². The quantitative estimate of drug-likeness (QED) is 0.108. The van der Waals surface area contributed by atoms with E-state index in [4.69, 9.17) is 8.83 Å². The van der Waals surface area contributed by atoms with E-state index in [1.165, 1.54) is 21.9 Å². The first-order chi connectivity index (χ1) is 51.5. The van der Waals surface area contributed by atoms with Gasteiger partial charge in [0.25, 0.3) is 0 Å². The Balaban J connectivity index is 0.000000148. The first-order valence-corrected chi connectivity index (χ1v) is 35.5. The number of benzene rings is 17. The minimum absolute atomic E-state index is 0.859. The molecule has 19 aromatic rings. The van der Waals surface area contributed by atoms with Crippen molar-refractivity contribution in [3.8, 4) is 22.3 Å². The molecule has 0 saturated heterocycles. The van der Waals surface area contributed by atoms with Crippen LogP contribution in [-0.4, -0.2) is 0 Å². The van der Waals surface area contributed by atoms with E-state index >= 15 is 0 Å². The van der Waals surface area contributed by atoms with Crippen LogP contribution in [0.2, 0.25) is 0 Å². The van der Waals surface area contributed by atoms with Crippen LogP contribution in [0.25, 0.3) is 98.4 Å². The van der Waals surface area contributed by atoms with Crippen molar-refractivity contribution in [1.82, 2.24) is 0 Å². The molecule has 0 spiro atoms. The lowest BCUT2D eigenvalue weighted by molar-refractivity contribution is 0.672. The minimum Gasteiger partial charge on any atom is -0.455 e. The average molecular weight is 1340 g/mol. The largest absolute Gasteiger partial charge is 0.455 e. The van der Waals surface area contributed by atoms with Gasteiger partial charge in [0.15, 0.2) is 0 Å². The molecule has 19 rings (SSSR count). The number of furan rings is 2. The molecule has 0 aliphatic rings. The van der Waals surface area contributed by atoms with E-state index in [2.05, 4.69) is 422 Å². The van der Waals surface area contributed by atoms with Crippen molar-refractivity contribution in [2.24, 2.45) is 0 Å². The van der Waals surface area contributed by atoms with Crippen LogP contribution in [0, 0.1) is 13.8 Å². The predicted molar refractivity (Wildman–Crippen MR) is 439 cm³/mol. The first kappa shape index (κ1) is 62.6. The highest BCUT2D eigenvalue weighted by molar-refractivity contribution is 6.25. The molecule has 0 N–H and O–H groups in total. The fraction of sp³-hybridized carbons (Fsp3) is 0.0204. The summed E-state index contributed by atoms with van der Waals surface area (Å²) < 4.78 is 13.7. The summed E-state index contributed by atoms with van der Waals surface area (Å²) in [6.07, 6.45) is 0. The Kier molecular flexibility index (Phi) is 16.3. The molecule has 17 aromatic carbocycles. The van der Waals surface area contributed by atoms with Crippen LogP contribution in [0.4, 0.5) is 68.2 Å². The van der Waals surface area contributed by atoms with Crippen molar-refractivity contribution < 1.29 is 8.83 Å². The molecule has 0 aliphatic carbocycles. The number of hydrogen-bond donors (Lipinski definition) is 0. The Bertz CT molecular complexity index is 6260. The Labute approximate surface area is 604 Å². The molecule has 0 aliphatic heterocycles. The van der Waals surface area contributed by atoms with Crippen LogP contribution < -0.4 is 19.6 Å². The second-order valence-electron chi connectivity index (χ2n) is 26.4. The number of para-hydroxylation sites is 8. The average Bonchev–Trinajstić information content (AvgIpc) is 1.54. The predicted octanol–water partition coefficient (Wildman–Crippen LogP) is 28.5. The summed E-state index contributed by atoms with van der Waals surface area (Å²) in [5.41, 5.74) is 23.7. The van der Waals surface area contributed by atoms with Gasteiger partial charge >= 0.3 is 0 Å². The zero-order valence-corrected chi connectivity index (χ0v) is 57.6. The molecule has 0 unspecified atom stereocenters. The van der Waals surface area contributed by atoms with Gasteiger partial charge in [-0.2, -0.15) is 0 Å². The molecule has 6 heteroatoms. The highest BCUT2D eigenvalue weighted by atomic mass is 16.3. The number of rotatable bonds is 14. The Hall–Kier alpha value is -13.7. The molecule has 0 amide bonds. The Morgan fingerprint density at radius 1 is 0.192 bits per heavy atom. The van der Waals surface area contributed by atoms with Gasteiger partial charge in [-0.1, -0.05) is 255 Å². The molecule has 494 valence electrons. The van der Waals surface area contributed by atoms with E-state index in [9.17, 15) is 0 Å². The molecule has 0 fully saturated rings. The third kappa shape index (κ3) is 11.4. The maximum absolute atomic E-state index is 6.87. The normalized spacial score (nSPS) is 11.4. The van der Waals surface area contributed by atoms with Crippen LogP contribution in [0.3, 0.4) is 0 Å². The van der Waals surface area contributed by atoms with Gasteiger partial charge in [0.05, 0.1) is 22.7 Å². The fourth-order valence-corrected chi connectivity index (χ4v) is 15.2. The van der Waals surface area contributed by atoms with E-state index < -0.39 is 0 Å². The lowest BCUT2D eigenvalue weighted by Crippen LogP contribution is -2.11. The Morgan fingerprint density at radius 3 is 0.933 bits per heavy atom. The summed E-state index contributed by atoms with van der Waals surface area (Å²) in [6.45, 7) is 4.35. The molecular weight excluding hydrogens is 1270 g/mol. The lowest BCUT2D eigenvalue weighted by Gasteiger charge is -2.28. The number of aryl methyl sites for hydroxylation is 2. The van der Waals surface area contributed by atoms with Crippen LogP contribution in [0.15, 0.2) is 397 Å². The highest BCUT2D eigenvalue weighted by Gasteiger charge is 2.27. The smallest absolute Gasteiger partial charge is 0.143 e. The minimum atomic E-state index is 0.859. The molecule has 104 heavy (non-hydrogen) atoms. The summed E-state index contributed by atoms with van der Waals surface area (Å²) in [4.78, 5) is 9.45. The van der Waals surface area contributed by atoms with Gasteiger partial charge < -0.3 is 28.4 Å². The highest BCUT2D eigenvalue weighted by Crippen LogP contribution is 2.52. The number of anilines is 12. The van der Waals surface area contributed by atoms with Crippen LogP contribution in [-0.2, 0) is 0 Å². The van der Waals surface area contributed by atoms with Crippen molar-refractivity contribution in [1.29, 1.82) is 0 Å². The maximum atomic E-state index is 6.87. The molecule has 2 heterocycles. The van der Waals surface area contributed by atoms with Gasteiger partial charge in [-0.15, -0.1) is 0 Å². The summed E-state index contributed by atoms with van der Waals surface area (Å²) in [5.74, 6) is 0. The van der Waals surface area contributed by atoms with E-state index in [1.54, 1.807) is 0 Å². The monoisotopic (exact) mass is 1330 g/mol. The molecule has 0 radical (unpaired) electrons. The third-order valence-electron chi connectivity index (χ3n) is 20.1. The summed E-state index contributed by atoms with van der Waals surface area (Å²) in [5, 5.41) is 11.2. The van der Waals surface area contributed by atoms with E-state index in [0.717, 1.165) is 156 Å². The molecular formula is C98H70N4O2. The topological polar surface area (TPSA) is 39.2 Å². The Morgan fingerprint density at radius 2 is 0.510 bits per heavy atom. The number of hydrogen-bond acceptors (Lipinski definition) is 6. The summed E-state index contributed by atoms with van der Waals surface area (Å²) >= 11 is 0. The number of nitrogens with zero attached hydrogens (tertiary/aromatic N) is 4. The van der Waals surface area contributed by atoms with Crippen molar-refractivity contribution in [2.75, 3.05) is 19.6 Å². The van der Waals surface area contributed by atoms with Crippen molar-refractivity contribution in [3.63, 3.8) is 0 Å². The third-order valence-corrected chi connectivity index (χ3v) is 20.1. The van der Waals surface area contributed by atoms with Gasteiger partial charge in [-0.25, -0.2) is 0 Å². The van der Waals surface area contributed by atoms with Crippen LogP contribution >= 0.6 is 0 Å². The zero-order chi connectivity index (χ0) is 69.5. The van der Waals surface area contributed by atoms with Crippen molar-refractivity contribution >= 4 is 144 Å². The summed E-state index contributed by atoms with van der Waals surface area (Å²) in [6, 6.07) is 138. The molecule has 0 atom stereocenters. The number of fused-ring (bicyclic) bond motifs is 11. The van der Waals surface area contributed by atoms with Crippen LogP contribution in [0.1, 0.15) is 11.1 Å². The molecule has 0 bridgehead atoms. The molecule has 2 aromatic heterocycles. The first-order valence-electron chi connectivity index (χ1n) is 35.5.